The molecule has 8 aliphatic rings. The van der Waals surface area contributed by atoms with E-state index >= 15 is 0 Å². The first-order chi connectivity index (χ1) is 24.6. The van der Waals surface area contributed by atoms with Crippen molar-refractivity contribution in [3.8, 4) is 34.3 Å². The Bertz CT molecular complexity index is 2080. The van der Waals surface area contributed by atoms with Crippen LogP contribution in [0.5, 0.6) is 12.0 Å². The van der Waals surface area contributed by atoms with Gasteiger partial charge in [0.1, 0.15) is 11.2 Å². The molecule has 10 heteroatoms. The van der Waals surface area contributed by atoms with E-state index in [-0.39, 0.29) is 11.2 Å². The van der Waals surface area contributed by atoms with E-state index in [9.17, 15) is 0 Å². The highest BCUT2D eigenvalue weighted by molar-refractivity contribution is 5.84. The SMILES string of the molecule is c1cncc(-c2ccc3c(c2)nc2n3C[C@@]3(CN4CCC3CC4)O2)c1.c1cncc(-c2ccc3c(c2)nc2n3C[C@]3(CN4CCC3CC4)O2)c1. The van der Waals surface area contributed by atoms with E-state index in [0.717, 1.165) is 71.5 Å². The molecule has 2 atom stereocenters. The van der Waals surface area contributed by atoms with Gasteiger partial charge in [0.2, 0.25) is 0 Å². The maximum absolute atomic E-state index is 6.50. The van der Waals surface area contributed by atoms with Gasteiger partial charge in [-0.05, 0) is 99.4 Å². The molecule has 6 saturated heterocycles. The first kappa shape index (κ1) is 29.0. The minimum atomic E-state index is -0.0466. The third-order valence-electron chi connectivity index (χ3n) is 12.5. The quantitative estimate of drug-likeness (QED) is 0.226. The van der Waals surface area contributed by atoms with Gasteiger partial charge in [0.05, 0.1) is 35.2 Å². The zero-order chi connectivity index (χ0) is 32.9. The minimum Gasteiger partial charge on any atom is -0.454 e. The van der Waals surface area contributed by atoms with Crippen LogP contribution in [0.1, 0.15) is 25.7 Å². The van der Waals surface area contributed by atoms with Crippen LogP contribution in [0.2, 0.25) is 0 Å². The lowest BCUT2D eigenvalue weighted by molar-refractivity contribution is -0.0833. The molecule has 0 radical (unpaired) electrons. The van der Waals surface area contributed by atoms with Crippen LogP contribution >= 0.6 is 0 Å². The van der Waals surface area contributed by atoms with Gasteiger partial charge >= 0.3 is 0 Å². The standard InChI is InChI=1S/2C20H20N4O/c2*1-2-15(11-21-7-1)14-3-4-18-17(10-14)22-19-24(18)13-20(25-19)12-23-8-5-16(20)6-9-23/h2*1-4,7,10-11,16H,5-6,8-9,12-13H2/t2*20-/m10/s1. The van der Waals surface area contributed by atoms with Crippen LogP contribution in [0.25, 0.3) is 44.3 Å². The molecule has 2 aromatic carbocycles. The molecule has 0 N–H and O–H groups in total. The zero-order valence-electron chi connectivity index (χ0n) is 28.1. The van der Waals surface area contributed by atoms with Crippen molar-refractivity contribution in [2.45, 2.75) is 50.0 Å². The smallest absolute Gasteiger partial charge is 0.298 e. The fourth-order valence-corrected chi connectivity index (χ4v) is 9.91. The summed E-state index contributed by atoms with van der Waals surface area (Å²) in [5.74, 6) is 1.34. The number of benzene rings is 2. The van der Waals surface area contributed by atoms with Crippen molar-refractivity contribution < 1.29 is 9.47 Å². The summed E-state index contributed by atoms with van der Waals surface area (Å²) in [6.07, 6.45) is 12.4. The molecule has 50 heavy (non-hydrogen) atoms. The second kappa shape index (κ2) is 10.8. The summed E-state index contributed by atoms with van der Waals surface area (Å²) in [5.41, 5.74) is 8.81. The van der Waals surface area contributed by atoms with Crippen molar-refractivity contribution in [2.24, 2.45) is 11.8 Å². The number of rotatable bonds is 2. The molecular formula is C40H40N8O2. The Morgan fingerprint density at radius 1 is 0.540 bits per heavy atom. The molecule has 6 aromatic rings. The van der Waals surface area contributed by atoms with Crippen LogP contribution in [0, 0.1) is 11.8 Å². The van der Waals surface area contributed by atoms with Crippen molar-refractivity contribution in [3.05, 3.63) is 85.5 Å². The summed E-state index contributed by atoms with van der Waals surface area (Å²) in [6.45, 7) is 8.90. The Hall–Kier alpha value is -4.80. The number of imidazole rings is 2. The van der Waals surface area contributed by atoms with Gasteiger partial charge in [-0.25, -0.2) is 0 Å². The molecule has 14 rings (SSSR count). The van der Waals surface area contributed by atoms with Gasteiger partial charge in [-0.15, -0.1) is 0 Å². The van der Waals surface area contributed by atoms with Crippen LogP contribution in [-0.2, 0) is 13.1 Å². The third-order valence-corrected chi connectivity index (χ3v) is 12.5. The molecule has 2 spiro atoms. The van der Waals surface area contributed by atoms with Crippen LogP contribution in [0.3, 0.4) is 0 Å². The molecule has 4 aromatic heterocycles. The highest BCUT2D eigenvalue weighted by Gasteiger charge is 2.54. The number of fused-ring (bicyclic) bond motifs is 10. The first-order valence-corrected chi connectivity index (χ1v) is 18.3. The summed E-state index contributed by atoms with van der Waals surface area (Å²) in [4.78, 5) is 23.2. The van der Waals surface area contributed by atoms with Crippen molar-refractivity contribution in [1.82, 2.24) is 38.9 Å². The fraction of sp³-hybridized carbons (Fsp3) is 0.400. The van der Waals surface area contributed by atoms with Gasteiger partial charge in [0.15, 0.2) is 0 Å². The van der Waals surface area contributed by atoms with E-state index in [0.29, 0.717) is 11.8 Å². The summed E-state index contributed by atoms with van der Waals surface area (Å²) >= 11 is 0. The first-order valence-electron chi connectivity index (χ1n) is 18.3. The molecule has 252 valence electrons. The molecular weight excluding hydrogens is 624 g/mol. The second-order valence-corrected chi connectivity index (χ2v) is 15.3. The van der Waals surface area contributed by atoms with E-state index in [2.05, 4.69) is 77.4 Å². The largest absolute Gasteiger partial charge is 0.454 e. The van der Waals surface area contributed by atoms with Gasteiger partial charge in [0.25, 0.3) is 12.0 Å². The van der Waals surface area contributed by atoms with Gasteiger partial charge in [-0.1, -0.05) is 24.3 Å². The average Bonchev–Trinajstić information content (AvgIpc) is 3.89. The van der Waals surface area contributed by atoms with Crippen LogP contribution in [0.15, 0.2) is 85.5 Å². The van der Waals surface area contributed by atoms with E-state index in [1.54, 1.807) is 12.4 Å². The van der Waals surface area contributed by atoms with Crippen LogP contribution in [0.4, 0.5) is 0 Å². The second-order valence-electron chi connectivity index (χ2n) is 15.3. The molecule has 0 saturated carbocycles. The van der Waals surface area contributed by atoms with E-state index in [1.807, 2.05) is 24.5 Å². The van der Waals surface area contributed by atoms with Crippen molar-refractivity contribution >= 4 is 22.1 Å². The predicted octanol–water partition coefficient (Wildman–Crippen LogP) is 5.91. The van der Waals surface area contributed by atoms with E-state index in [1.165, 1.54) is 62.9 Å². The van der Waals surface area contributed by atoms with Crippen LogP contribution in [-0.4, -0.2) is 89.3 Å². The maximum Gasteiger partial charge on any atom is 0.298 e. The summed E-state index contributed by atoms with van der Waals surface area (Å²) in [5, 5.41) is 0. The number of nitrogens with zero attached hydrogens (tertiary/aromatic N) is 8. The highest BCUT2D eigenvalue weighted by atomic mass is 16.5. The lowest BCUT2D eigenvalue weighted by Crippen LogP contribution is -2.61. The molecule has 0 amide bonds. The van der Waals surface area contributed by atoms with Gasteiger partial charge in [-0.3, -0.25) is 28.9 Å². The number of aromatic nitrogens is 6. The number of ether oxygens (including phenoxy) is 2. The molecule has 10 nitrogen and oxygen atoms in total. The molecule has 12 heterocycles. The number of hydrogen-bond donors (Lipinski definition) is 0. The Balaban J connectivity index is 0.000000120. The number of pyridine rings is 2. The van der Waals surface area contributed by atoms with Gasteiger partial charge in [-0.2, -0.15) is 9.97 Å². The van der Waals surface area contributed by atoms with Crippen LogP contribution < -0.4 is 9.47 Å². The monoisotopic (exact) mass is 664 g/mol. The summed E-state index contributed by atoms with van der Waals surface area (Å²) in [6, 6.07) is 22.7. The Morgan fingerprint density at radius 3 is 1.38 bits per heavy atom. The minimum absolute atomic E-state index is 0.0466. The van der Waals surface area contributed by atoms with Crippen molar-refractivity contribution in [3.63, 3.8) is 0 Å². The van der Waals surface area contributed by atoms with E-state index in [4.69, 9.17) is 19.4 Å². The van der Waals surface area contributed by atoms with Gasteiger partial charge in [0, 0.05) is 60.8 Å². The molecule has 0 unspecified atom stereocenters. The van der Waals surface area contributed by atoms with Crippen molar-refractivity contribution in [2.75, 3.05) is 39.3 Å². The highest BCUT2D eigenvalue weighted by Crippen LogP contribution is 2.47. The maximum atomic E-state index is 6.50. The third kappa shape index (κ3) is 4.47. The number of piperidine rings is 6. The predicted molar refractivity (Wildman–Crippen MR) is 191 cm³/mol. The molecule has 4 bridgehead atoms. The lowest BCUT2D eigenvalue weighted by Gasteiger charge is -2.50. The number of hydrogen-bond acceptors (Lipinski definition) is 8. The fourth-order valence-electron chi connectivity index (χ4n) is 9.91. The average molecular weight is 665 g/mol. The normalized spacial score (nSPS) is 29.9. The Kier molecular flexibility index (Phi) is 6.29. The molecule has 8 aliphatic heterocycles. The zero-order valence-corrected chi connectivity index (χ0v) is 28.1. The molecule has 6 fully saturated rings. The molecule has 0 aliphatic carbocycles. The van der Waals surface area contributed by atoms with Gasteiger partial charge < -0.3 is 9.47 Å². The van der Waals surface area contributed by atoms with Crippen molar-refractivity contribution in [1.29, 1.82) is 0 Å². The van der Waals surface area contributed by atoms with E-state index < -0.39 is 0 Å². The lowest BCUT2D eigenvalue weighted by atomic mass is 9.75. The summed E-state index contributed by atoms with van der Waals surface area (Å²) in [7, 11) is 0. The Labute approximate surface area is 290 Å². The topological polar surface area (TPSA) is 86.4 Å². The summed E-state index contributed by atoms with van der Waals surface area (Å²) < 4.78 is 17.6. The Morgan fingerprint density at radius 2 is 1.00 bits per heavy atom.